The Hall–Kier alpha value is -2.51. The summed E-state index contributed by atoms with van der Waals surface area (Å²) in [5, 5.41) is 2.13. The first-order chi connectivity index (χ1) is 13.3. The van der Waals surface area contributed by atoms with Crippen LogP contribution in [0.15, 0.2) is 78.0 Å². The molecule has 3 aromatic rings. The van der Waals surface area contributed by atoms with Crippen LogP contribution in [0.5, 0.6) is 0 Å². The van der Waals surface area contributed by atoms with Crippen molar-refractivity contribution >= 4 is 35.0 Å². The molecule has 1 aromatic heterocycles. The molecule has 144 valence electrons. The van der Waals surface area contributed by atoms with Gasteiger partial charge in [0.25, 0.3) is 0 Å². The van der Waals surface area contributed by atoms with Crippen LogP contribution in [0.4, 0.5) is 18.9 Å². The molecular formula is C20H14ClF3N2OS. The SMILES string of the molecule is O=C(Nc1ccc(Cl)cc1C(F)(F)F)C(Sc1ccccn1)c1ccccc1. The molecule has 28 heavy (non-hydrogen) atoms. The van der Waals surface area contributed by atoms with Gasteiger partial charge in [-0.25, -0.2) is 4.98 Å². The first kappa shape index (κ1) is 20.2. The van der Waals surface area contributed by atoms with E-state index in [4.69, 9.17) is 11.6 Å². The van der Waals surface area contributed by atoms with Crippen molar-refractivity contribution in [2.24, 2.45) is 0 Å². The highest BCUT2D eigenvalue weighted by Gasteiger charge is 2.35. The lowest BCUT2D eigenvalue weighted by molar-refractivity contribution is -0.137. The number of carbonyl (C=O) groups excluding carboxylic acids is 1. The second kappa shape index (κ2) is 8.67. The minimum absolute atomic E-state index is 0.0622. The van der Waals surface area contributed by atoms with E-state index in [9.17, 15) is 18.0 Å². The highest BCUT2D eigenvalue weighted by Crippen LogP contribution is 2.39. The maximum atomic E-state index is 13.3. The molecule has 3 rings (SSSR count). The van der Waals surface area contributed by atoms with Crippen LogP contribution >= 0.6 is 23.4 Å². The fraction of sp³-hybridized carbons (Fsp3) is 0.100. The molecule has 0 saturated heterocycles. The average Bonchev–Trinajstić information content (AvgIpc) is 2.68. The number of nitrogens with zero attached hydrogens (tertiary/aromatic N) is 1. The molecule has 0 spiro atoms. The topological polar surface area (TPSA) is 42.0 Å². The van der Waals surface area contributed by atoms with E-state index in [2.05, 4.69) is 10.3 Å². The van der Waals surface area contributed by atoms with Crippen LogP contribution < -0.4 is 5.32 Å². The number of rotatable bonds is 5. The predicted molar refractivity (Wildman–Crippen MR) is 104 cm³/mol. The third-order valence-electron chi connectivity index (χ3n) is 3.76. The molecule has 3 nitrogen and oxygen atoms in total. The Morgan fingerprint density at radius 1 is 1.04 bits per heavy atom. The van der Waals surface area contributed by atoms with E-state index in [1.165, 1.54) is 6.07 Å². The molecule has 0 aliphatic carbocycles. The number of amides is 1. The van der Waals surface area contributed by atoms with E-state index in [1.807, 2.05) is 0 Å². The van der Waals surface area contributed by atoms with E-state index in [0.29, 0.717) is 10.6 Å². The summed E-state index contributed by atoms with van der Waals surface area (Å²) in [4.78, 5) is 17.1. The number of carbonyl (C=O) groups is 1. The molecule has 0 saturated carbocycles. The monoisotopic (exact) mass is 422 g/mol. The second-order valence-electron chi connectivity index (χ2n) is 5.75. The number of benzene rings is 2. The summed E-state index contributed by atoms with van der Waals surface area (Å²) >= 11 is 6.86. The van der Waals surface area contributed by atoms with Crippen LogP contribution in [0.3, 0.4) is 0 Å². The minimum atomic E-state index is -4.65. The summed E-state index contributed by atoms with van der Waals surface area (Å²) < 4.78 is 40.0. The Morgan fingerprint density at radius 3 is 2.39 bits per heavy atom. The van der Waals surface area contributed by atoms with Gasteiger partial charge in [-0.2, -0.15) is 13.2 Å². The van der Waals surface area contributed by atoms with Crippen LogP contribution in [0.1, 0.15) is 16.4 Å². The average molecular weight is 423 g/mol. The van der Waals surface area contributed by atoms with Gasteiger partial charge in [0.05, 0.1) is 16.3 Å². The van der Waals surface area contributed by atoms with Gasteiger partial charge in [0.15, 0.2) is 0 Å². The van der Waals surface area contributed by atoms with Gasteiger partial charge in [-0.15, -0.1) is 0 Å². The first-order valence-electron chi connectivity index (χ1n) is 8.15. The van der Waals surface area contributed by atoms with Crippen molar-refractivity contribution in [1.82, 2.24) is 4.98 Å². The zero-order valence-corrected chi connectivity index (χ0v) is 15.9. The second-order valence-corrected chi connectivity index (χ2v) is 7.32. The maximum Gasteiger partial charge on any atom is 0.418 e. The van der Waals surface area contributed by atoms with Crippen molar-refractivity contribution in [3.8, 4) is 0 Å². The van der Waals surface area contributed by atoms with Crippen molar-refractivity contribution in [3.63, 3.8) is 0 Å². The summed E-state index contributed by atoms with van der Waals surface area (Å²) in [7, 11) is 0. The number of anilines is 1. The van der Waals surface area contributed by atoms with Gasteiger partial charge in [-0.3, -0.25) is 4.79 Å². The third kappa shape index (κ3) is 5.05. The normalized spacial score (nSPS) is 12.4. The van der Waals surface area contributed by atoms with Crippen molar-refractivity contribution in [1.29, 1.82) is 0 Å². The van der Waals surface area contributed by atoms with E-state index in [-0.39, 0.29) is 10.7 Å². The van der Waals surface area contributed by atoms with Crippen molar-refractivity contribution in [2.45, 2.75) is 16.5 Å². The number of thioether (sulfide) groups is 1. The van der Waals surface area contributed by atoms with E-state index < -0.39 is 22.9 Å². The molecule has 1 heterocycles. The molecule has 0 aliphatic heterocycles. The Morgan fingerprint density at radius 2 is 1.75 bits per heavy atom. The van der Waals surface area contributed by atoms with Crippen molar-refractivity contribution in [2.75, 3.05) is 5.32 Å². The third-order valence-corrected chi connectivity index (χ3v) is 5.20. The van der Waals surface area contributed by atoms with Crippen LogP contribution in [0.2, 0.25) is 5.02 Å². The first-order valence-corrected chi connectivity index (χ1v) is 9.40. The van der Waals surface area contributed by atoms with Crippen LogP contribution in [0.25, 0.3) is 0 Å². The Labute approximate surface area is 168 Å². The zero-order valence-electron chi connectivity index (χ0n) is 14.3. The Kier molecular flexibility index (Phi) is 6.26. The number of nitrogens with one attached hydrogen (secondary N) is 1. The number of aromatic nitrogens is 1. The molecule has 1 atom stereocenters. The molecule has 0 fully saturated rings. The minimum Gasteiger partial charge on any atom is -0.324 e. The van der Waals surface area contributed by atoms with Crippen LogP contribution in [0, 0.1) is 0 Å². The van der Waals surface area contributed by atoms with Gasteiger partial charge in [0.1, 0.15) is 5.25 Å². The van der Waals surface area contributed by atoms with E-state index >= 15 is 0 Å². The molecular weight excluding hydrogens is 409 g/mol. The summed E-state index contributed by atoms with van der Waals surface area (Å²) in [6.45, 7) is 0. The zero-order chi connectivity index (χ0) is 20.1. The highest BCUT2D eigenvalue weighted by atomic mass is 35.5. The largest absolute Gasteiger partial charge is 0.418 e. The molecule has 1 amide bonds. The maximum absolute atomic E-state index is 13.3. The molecule has 0 bridgehead atoms. The van der Waals surface area contributed by atoms with Gasteiger partial charge < -0.3 is 5.32 Å². The molecule has 1 N–H and O–H groups in total. The molecule has 8 heteroatoms. The number of halogens is 4. The smallest absolute Gasteiger partial charge is 0.324 e. The summed E-state index contributed by atoms with van der Waals surface area (Å²) in [5.41, 5.74) is -0.689. The number of hydrogen-bond acceptors (Lipinski definition) is 3. The van der Waals surface area contributed by atoms with Gasteiger partial charge in [0, 0.05) is 11.2 Å². The lowest BCUT2D eigenvalue weighted by Gasteiger charge is -2.19. The lowest BCUT2D eigenvalue weighted by Crippen LogP contribution is -2.21. The summed E-state index contributed by atoms with van der Waals surface area (Å²) in [6, 6.07) is 17.3. The van der Waals surface area contributed by atoms with Crippen molar-refractivity contribution < 1.29 is 18.0 Å². The lowest BCUT2D eigenvalue weighted by atomic mass is 10.1. The Bertz CT molecular complexity index is 953. The number of hydrogen-bond donors (Lipinski definition) is 1. The predicted octanol–water partition coefficient (Wildman–Crippen LogP) is 6.23. The fourth-order valence-corrected chi connectivity index (χ4v) is 3.65. The molecule has 0 aliphatic rings. The van der Waals surface area contributed by atoms with Gasteiger partial charge in [0.2, 0.25) is 5.91 Å². The highest BCUT2D eigenvalue weighted by molar-refractivity contribution is 8.00. The number of alkyl halides is 3. The fourth-order valence-electron chi connectivity index (χ4n) is 2.50. The summed E-state index contributed by atoms with van der Waals surface area (Å²) in [6.07, 6.45) is -3.06. The molecule has 2 aromatic carbocycles. The number of pyridine rings is 1. The van der Waals surface area contributed by atoms with E-state index in [0.717, 1.165) is 23.9 Å². The molecule has 0 radical (unpaired) electrons. The van der Waals surface area contributed by atoms with Gasteiger partial charge in [-0.05, 0) is 35.9 Å². The standard InChI is InChI=1S/C20H14ClF3N2OS/c21-14-9-10-16(15(12-14)20(22,23)24)26-19(27)18(13-6-2-1-3-7-13)28-17-8-4-5-11-25-17/h1-12,18H,(H,26,27). The van der Waals surface area contributed by atoms with Crippen molar-refractivity contribution in [3.05, 3.63) is 89.1 Å². The van der Waals surface area contributed by atoms with Crippen LogP contribution in [-0.2, 0) is 11.0 Å². The summed E-state index contributed by atoms with van der Waals surface area (Å²) in [5.74, 6) is -0.588. The van der Waals surface area contributed by atoms with Gasteiger partial charge in [-0.1, -0.05) is 59.8 Å². The van der Waals surface area contributed by atoms with Crippen LogP contribution in [-0.4, -0.2) is 10.9 Å². The Balaban J connectivity index is 1.93. The van der Waals surface area contributed by atoms with Gasteiger partial charge >= 0.3 is 6.18 Å². The quantitative estimate of drug-likeness (QED) is 0.496. The van der Waals surface area contributed by atoms with E-state index in [1.54, 1.807) is 54.7 Å². The molecule has 1 unspecified atom stereocenters.